The Morgan fingerprint density at radius 3 is 2.82 bits per heavy atom. The quantitative estimate of drug-likeness (QED) is 0.549. The van der Waals surface area contributed by atoms with Gasteiger partial charge in [0.1, 0.15) is 0 Å². The van der Waals surface area contributed by atoms with Crippen molar-refractivity contribution in [3.8, 4) is 0 Å². The molecule has 0 unspecified atom stereocenters. The third-order valence-corrected chi connectivity index (χ3v) is 2.16. The minimum absolute atomic E-state index is 0. The molecule has 0 atom stereocenters. The summed E-state index contributed by atoms with van der Waals surface area (Å²) in [5.74, 6) is 0. The summed E-state index contributed by atoms with van der Waals surface area (Å²) in [5.41, 5.74) is 2.97. The second-order valence-corrected chi connectivity index (χ2v) is 2.88. The van der Waals surface area contributed by atoms with Gasteiger partial charge in [0.25, 0.3) is 0 Å². The number of aryl methyl sites for hydroxylation is 2. The third kappa shape index (κ3) is 1.57. The highest BCUT2D eigenvalue weighted by molar-refractivity contribution is 5.17. The van der Waals surface area contributed by atoms with Gasteiger partial charge in [0, 0.05) is 18.1 Å². The Kier molecular flexibility index (Phi) is 2.60. The lowest BCUT2D eigenvalue weighted by Crippen LogP contribution is -2.16. The molecule has 1 heterocycles. The van der Waals surface area contributed by atoms with Crippen LogP contribution in [-0.4, -0.2) is 5.48 Å². The molecule has 0 amide bonds. The van der Waals surface area contributed by atoms with E-state index in [1.54, 1.807) is 0 Å². The predicted molar refractivity (Wildman–Crippen MR) is 41.6 cm³/mol. The number of rotatable bonds is 0. The van der Waals surface area contributed by atoms with Gasteiger partial charge in [0.2, 0.25) is 0 Å². The van der Waals surface area contributed by atoms with E-state index in [-0.39, 0.29) is 5.48 Å². The number of aromatic amines is 1. The minimum atomic E-state index is 0. The molecule has 0 spiro atoms. The fourth-order valence-electron chi connectivity index (χ4n) is 1.59. The molecule has 11 heavy (non-hydrogen) atoms. The number of hydrogen-bond acceptors (Lipinski definition) is 1. The highest BCUT2D eigenvalue weighted by Gasteiger charge is 2.12. The summed E-state index contributed by atoms with van der Waals surface area (Å²) in [5, 5.41) is 0. The number of pyridine rings is 1. The Balaban J connectivity index is 0.000000605. The number of aromatic nitrogens is 1. The van der Waals surface area contributed by atoms with Crippen LogP contribution in [0.3, 0.4) is 0 Å². The standard InChI is InChI=1S/C9H11N.H2O/c1-2-6-9-8(4-1)5-3-7-10-9;/h3,5,7H,1-2,4,6H2;1H2. The van der Waals surface area contributed by atoms with Gasteiger partial charge in [-0.05, 0) is 25.3 Å². The molecule has 0 aliphatic heterocycles. The van der Waals surface area contributed by atoms with Crippen molar-refractivity contribution in [2.75, 3.05) is 0 Å². The Hall–Kier alpha value is -0.890. The summed E-state index contributed by atoms with van der Waals surface area (Å²) >= 11 is 0. The molecule has 0 aromatic carbocycles. The van der Waals surface area contributed by atoms with Gasteiger partial charge >= 0.3 is 0 Å². The normalized spacial score (nSPS) is 14.9. The summed E-state index contributed by atoms with van der Waals surface area (Å²) in [6, 6.07) is 4.31. The van der Waals surface area contributed by atoms with Gasteiger partial charge in [-0.3, -0.25) is 0 Å². The molecule has 2 nitrogen and oxygen atoms in total. The Bertz CT molecular complexity index is 210. The topological polar surface area (TPSA) is 44.1 Å². The average molecular weight is 151 g/mol. The fraction of sp³-hybridized carbons (Fsp3) is 0.444. The molecule has 60 valence electrons. The van der Waals surface area contributed by atoms with E-state index >= 15 is 0 Å². The first-order valence-corrected chi connectivity index (χ1v) is 3.95. The van der Waals surface area contributed by atoms with E-state index < -0.39 is 0 Å². The van der Waals surface area contributed by atoms with Crippen molar-refractivity contribution in [3.05, 3.63) is 29.6 Å². The average Bonchev–Trinajstić information content (AvgIpc) is 2.05. The van der Waals surface area contributed by atoms with Gasteiger partial charge < -0.3 is 5.48 Å². The van der Waals surface area contributed by atoms with Crippen LogP contribution in [0, 0.1) is 0 Å². The van der Waals surface area contributed by atoms with Crippen LogP contribution in [0.25, 0.3) is 0 Å². The van der Waals surface area contributed by atoms with Crippen molar-refractivity contribution in [1.82, 2.24) is 0 Å². The van der Waals surface area contributed by atoms with Crippen LogP contribution in [0.5, 0.6) is 0 Å². The monoisotopic (exact) mass is 151 g/mol. The van der Waals surface area contributed by atoms with E-state index in [1.165, 1.54) is 36.9 Å². The Morgan fingerprint density at radius 2 is 2.00 bits per heavy atom. The lowest BCUT2D eigenvalue weighted by molar-refractivity contribution is -0.391. The molecule has 1 aliphatic carbocycles. The van der Waals surface area contributed by atoms with E-state index in [1.807, 2.05) is 6.20 Å². The van der Waals surface area contributed by atoms with Crippen LogP contribution in [0.4, 0.5) is 0 Å². The molecule has 1 aromatic rings. The van der Waals surface area contributed by atoms with Crippen molar-refractivity contribution < 1.29 is 10.5 Å². The Morgan fingerprint density at radius 1 is 1.18 bits per heavy atom. The third-order valence-electron chi connectivity index (χ3n) is 2.16. The predicted octanol–water partition coefficient (Wildman–Crippen LogP) is 1.20. The molecule has 2 rings (SSSR count). The zero-order chi connectivity index (χ0) is 6.81. The SMILES string of the molecule is [OH-].c1c[nH+]c2c(c1)CCCC2. The molecule has 0 radical (unpaired) electrons. The van der Waals surface area contributed by atoms with Crippen molar-refractivity contribution >= 4 is 0 Å². The summed E-state index contributed by atoms with van der Waals surface area (Å²) in [6.07, 6.45) is 7.26. The van der Waals surface area contributed by atoms with E-state index in [9.17, 15) is 0 Å². The zero-order valence-corrected chi connectivity index (χ0v) is 6.51. The van der Waals surface area contributed by atoms with Crippen LogP contribution in [-0.2, 0) is 12.8 Å². The molecular formula is C9H13NO. The highest BCUT2D eigenvalue weighted by Crippen LogP contribution is 2.15. The second-order valence-electron chi connectivity index (χ2n) is 2.88. The van der Waals surface area contributed by atoms with Gasteiger partial charge in [-0.2, -0.15) is 0 Å². The highest BCUT2D eigenvalue weighted by atomic mass is 16.0. The fourth-order valence-corrected chi connectivity index (χ4v) is 1.59. The molecule has 0 bridgehead atoms. The molecule has 0 saturated heterocycles. The molecule has 0 saturated carbocycles. The maximum atomic E-state index is 3.29. The zero-order valence-electron chi connectivity index (χ0n) is 6.51. The van der Waals surface area contributed by atoms with Crippen LogP contribution in [0.15, 0.2) is 18.3 Å². The first-order chi connectivity index (χ1) is 4.97. The van der Waals surface area contributed by atoms with E-state index in [0.29, 0.717) is 0 Å². The maximum Gasteiger partial charge on any atom is 0.182 e. The van der Waals surface area contributed by atoms with Crippen LogP contribution in [0.1, 0.15) is 24.1 Å². The summed E-state index contributed by atoms with van der Waals surface area (Å²) in [7, 11) is 0. The number of nitrogens with one attached hydrogen (secondary N) is 1. The first kappa shape index (κ1) is 8.21. The van der Waals surface area contributed by atoms with Crippen LogP contribution in [0.2, 0.25) is 0 Å². The van der Waals surface area contributed by atoms with Gasteiger partial charge in [-0.25, -0.2) is 4.98 Å². The first-order valence-electron chi connectivity index (χ1n) is 3.95. The van der Waals surface area contributed by atoms with E-state index in [0.717, 1.165) is 0 Å². The van der Waals surface area contributed by atoms with Crippen molar-refractivity contribution in [2.24, 2.45) is 0 Å². The van der Waals surface area contributed by atoms with Gasteiger partial charge in [0.15, 0.2) is 11.9 Å². The van der Waals surface area contributed by atoms with E-state index in [2.05, 4.69) is 17.1 Å². The largest absolute Gasteiger partial charge is 0.870 e. The smallest absolute Gasteiger partial charge is 0.182 e. The molecule has 0 fully saturated rings. The summed E-state index contributed by atoms with van der Waals surface area (Å²) in [6.45, 7) is 0. The van der Waals surface area contributed by atoms with Gasteiger partial charge in [-0.15, -0.1) is 0 Å². The number of hydrogen-bond donors (Lipinski definition) is 0. The molecular weight excluding hydrogens is 138 g/mol. The van der Waals surface area contributed by atoms with Crippen LogP contribution < -0.4 is 4.98 Å². The number of fused-ring (bicyclic) bond motifs is 1. The lowest BCUT2D eigenvalue weighted by atomic mass is 9.96. The van der Waals surface area contributed by atoms with Crippen LogP contribution >= 0.6 is 0 Å². The molecule has 1 aliphatic rings. The second kappa shape index (κ2) is 3.49. The Labute approximate surface area is 66.6 Å². The maximum absolute atomic E-state index is 3.29. The van der Waals surface area contributed by atoms with Crippen molar-refractivity contribution in [1.29, 1.82) is 0 Å². The minimum Gasteiger partial charge on any atom is -0.870 e. The van der Waals surface area contributed by atoms with Crippen molar-refractivity contribution in [3.63, 3.8) is 0 Å². The van der Waals surface area contributed by atoms with E-state index in [4.69, 9.17) is 0 Å². The summed E-state index contributed by atoms with van der Waals surface area (Å²) in [4.78, 5) is 3.29. The number of H-pyrrole nitrogens is 1. The molecule has 2 heteroatoms. The van der Waals surface area contributed by atoms with Gasteiger partial charge in [0.05, 0.1) is 0 Å². The lowest BCUT2D eigenvalue weighted by Gasteiger charge is -2.08. The van der Waals surface area contributed by atoms with Crippen molar-refractivity contribution in [2.45, 2.75) is 25.7 Å². The molecule has 2 N–H and O–H groups in total. The molecule has 1 aromatic heterocycles. The summed E-state index contributed by atoms with van der Waals surface area (Å²) < 4.78 is 0. The van der Waals surface area contributed by atoms with Gasteiger partial charge in [-0.1, -0.05) is 0 Å².